The molecule has 0 fully saturated rings. The molecule has 9 heteroatoms. The molecule has 0 aliphatic heterocycles. The van der Waals surface area contributed by atoms with E-state index in [2.05, 4.69) is 25.4 Å². The van der Waals surface area contributed by atoms with Gasteiger partial charge in [0.15, 0.2) is 5.82 Å². The fraction of sp³-hybridized carbons (Fsp3) is 0.261. The summed E-state index contributed by atoms with van der Waals surface area (Å²) in [7, 11) is 0. The van der Waals surface area contributed by atoms with E-state index in [1.165, 1.54) is 0 Å². The van der Waals surface area contributed by atoms with Crippen LogP contribution >= 0.6 is 0 Å². The number of hydrogen-bond donors (Lipinski definition) is 1. The standard InChI is InChI=1S/C23H24N6O3/c1-4-31-19-8-6-5-7-16(19)11-25-22(30)18-13-29(14-26-18)20-10-9-17(12-24-20)23-27-21(15(2)3)28-32-23/h5-10,12-15H,4,11H2,1-3H3,(H,25,30). The molecule has 9 nitrogen and oxygen atoms in total. The van der Waals surface area contributed by atoms with Gasteiger partial charge < -0.3 is 14.6 Å². The van der Waals surface area contributed by atoms with E-state index in [9.17, 15) is 4.79 Å². The molecule has 0 atom stereocenters. The topological polar surface area (TPSA) is 108 Å². The lowest BCUT2D eigenvalue weighted by atomic mass is 10.2. The predicted molar refractivity (Wildman–Crippen MR) is 118 cm³/mol. The van der Waals surface area contributed by atoms with Gasteiger partial charge >= 0.3 is 0 Å². The summed E-state index contributed by atoms with van der Waals surface area (Å²) in [6, 6.07) is 11.3. The molecule has 0 aliphatic rings. The molecule has 4 aromatic rings. The summed E-state index contributed by atoms with van der Waals surface area (Å²) in [4.78, 5) is 25.6. The first-order valence-corrected chi connectivity index (χ1v) is 10.4. The van der Waals surface area contributed by atoms with Gasteiger partial charge in [-0.25, -0.2) is 9.97 Å². The molecule has 164 valence electrons. The minimum Gasteiger partial charge on any atom is -0.494 e. The number of carbonyl (C=O) groups is 1. The SMILES string of the molecule is CCOc1ccccc1CNC(=O)c1cn(-c2ccc(-c3nc(C(C)C)no3)cn2)cn1. The first-order valence-electron chi connectivity index (χ1n) is 10.4. The third-order valence-electron chi connectivity index (χ3n) is 4.74. The smallest absolute Gasteiger partial charge is 0.271 e. The highest BCUT2D eigenvalue weighted by atomic mass is 16.5. The van der Waals surface area contributed by atoms with Crippen molar-refractivity contribution in [1.29, 1.82) is 0 Å². The van der Waals surface area contributed by atoms with Crippen molar-refractivity contribution < 1.29 is 14.1 Å². The Bertz CT molecular complexity index is 1200. The summed E-state index contributed by atoms with van der Waals surface area (Å²) in [5.74, 6) is 2.35. The first-order chi connectivity index (χ1) is 15.5. The number of ether oxygens (including phenoxy) is 1. The zero-order valence-corrected chi connectivity index (χ0v) is 18.1. The van der Waals surface area contributed by atoms with Crippen molar-refractivity contribution in [3.63, 3.8) is 0 Å². The molecule has 0 aliphatic carbocycles. The van der Waals surface area contributed by atoms with Crippen molar-refractivity contribution in [2.75, 3.05) is 6.61 Å². The normalized spacial score (nSPS) is 11.0. The molecule has 3 aromatic heterocycles. The summed E-state index contributed by atoms with van der Waals surface area (Å²) in [6.07, 6.45) is 4.83. The van der Waals surface area contributed by atoms with E-state index in [0.717, 1.165) is 16.9 Å². The van der Waals surface area contributed by atoms with Gasteiger partial charge in [0, 0.05) is 30.4 Å². The van der Waals surface area contributed by atoms with Gasteiger partial charge in [-0.05, 0) is 25.1 Å². The summed E-state index contributed by atoms with van der Waals surface area (Å²) in [5.41, 5.74) is 1.92. The van der Waals surface area contributed by atoms with Crippen molar-refractivity contribution in [1.82, 2.24) is 30.0 Å². The molecule has 1 N–H and O–H groups in total. The minimum absolute atomic E-state index is 0.183. The lowest BCUT2D eigenvalue weighted by molar-refractivity contribution is 0.0946. The zero-order valence-electron chi connectivity index (χ0n) is 18.1. The Hall–Kier alpha value is -4.01. The Kier molecular flexibility index (Phi) is 6.25. The highest BCUT2D eigenvalue weighted by Gasteiger charge is 2.14. The van der Waals surface area contributed by atoms with Crippen LogP contribution in [0.5, 0.6) is 5.75 Å². The number of imidazole rings is 1. The van der Waals surface area contributed by atoms with Crippen molar-refractivity contribution in [3.8, 4) is 23.0 Å². The number of aromatic nitrogens is 5. The number of rotatable bonds is 8. The van der Waals surface area contributed by atoms with Gasteiger partial charge in [-0.3, -0.25) is 9.36 Å². The Morgan fingerprint density at radius 2 is 2.03 bits per heavy atom. The molecule has 0 unspecified atom stereocenters. The minimum atomic E-state index is -0.279. The van der Waals surface area contributed by atoms with E-state index < -0.39 is 0 Å². The van der Waals surface area contributed by atoms with Crippen LogP contribution in [0.2, 0.25) is 0 Å². The van der Waals surface area contributed by atoms with Crippen molar-refractivity contribution in [2.45, 2.75) is 33.2 Å². The van der Waals surface area contributed by atoms with Crippen LogP contribution < -0.4 is 10.1 Å². The quantitative estimate of drug-likeness (QED) is 0.451. The van der Waals surface area contributed by atoms with E-state index in [-0.39, 0.29) is 11.8 Å². The van der Waals surface area contributed by atoms with E-state index in [1.54, 1.807) is 29.4 Å². The van der Waals surface area contributed by atoms with Gasteiger partial charge in [0.1, 0.15) is 23.6 Å². The molecule has 1 aromatic carbocycles. The number of carbonyl (C=O) groups excluding carboxylic acids is 1. The van der Waals surface area contributed by atoms with Crippen LogP contribution in [-0.4, -0.2) is 37.2 Å². The molecule has 0 spiro atoms. The monoisotopic (exact) mass is 432 g/mol. The highest BCUT2D eigenvalue weighted by molar-refractivity contribution is 5.92. The third kappa shape index (κ3) is 4.66. The maximum absolute atomic E-state index is 12.6. The Labute approximate surface area is 185 Å². The van der Waals surface area contributed by atoms with Gasteiger partial charge in [0.2, 0.25) is 0 Å². The molecule has 0 saturated carbocycles. The highest BCUT2D eigenvalue weighted by Crippen LogP contribution is 2.20. The van der Waals surface area contributed by atoms with E-state index >= 15 is 0 Å². The maximum atomic E-state index is 12.6. The van der Waals surface area contributed by atoms with Crippen LogP contribution in [0.4, 0.5) is 0 Å². The van der Waals surface area contributed by atoms with Crippen LogP contribution in [0.1, 0.15) is 48.6 Å². The largest absolute Gasteiger partial charge is 0.494 e. The van der Waals surface area contributed by atoms with Gasteiger partial charge in [0.05, 0.1) is 12.2 Å². The molecule has 4 rings (SSSR count). The molecule has 1 amide bonds. The van der Waals surface area contributed by atoms with Gasteiger partial charge in [-0.1, -0.05) is 37.2 Å². The summed E-state index contributed by atoms with van der Waals surface area (Å²) < 4.78 is 12.6. The molecule has 3 heterocycles. The number of nitrogens with one attached hydrogen (secondary N) is 1. The number of amides is 1. The molecule has 0 bridgehead atoms. The van der Waals surface area contributed by atoms with Crippen molar-refractivity contribution in [3.05, 3.63) is 72.2 Å². The predicted octanol–water partition coefficient (Wildman–Crippen LogP) is 3.77. The second-order valence-corrected chi connectivity index (χ2v) is 7.41. The van der Waals surface area contributed by atoms with Crippen LogP contribution in [-0.2, 0) is 6.54 Å². The number of hydrogen-bond acceptors (Lipinski definition) is 7. The fourth-order valence-corrected chi connectivity index (χ4v) is 3.03. The average molecular weight is 432 g/mol. The maximum Gasteiger partial charge on any atom is 0.271 e. The summed E-state index contributed by atoms with van der Waals surface area (Å²) in [5, 5.41) is 6.85. The molecular formula is C23H24N6O3. The Morgan fingerprint density at radius 1 is 1.19 bits per heavy atom. The average Bonchev–Trinajstić information content (AvgIpc) is 3.49. The Balaban J connectivity index is 1.42. The summed E-state index contributed by atoms with van der Waals surface area (Å²) in [6.45, 7) is 6.83. The van der Waals surface area contributed by atoms with Crippen molar-refractivity contribution >= 4 is 5.91 Å². The first kappa shape index (κ1) is 21.2. The zero-order chi connectivity index (χ0) is 22.5. The van der Waals surface area contributed by atoms with Crippen LogP contribution in [0.15, 0.2) is 59.6 Å². The van der Waals surface area contributed by atoms with Crippen molar-refractivity contribution in [2.24, 2.45) is 0 Å². The molecule has 32 heavy (non-hydrogen) atoms. The molecule has 0 radical (unpaired) electrons. The van der Waals surface area contributed by atoms with Crippen LogP contribution in [0.25, 0.3) is 17.3 Å². The van der Waals surface area contributed by atoms with Gasteiger partial charge in [0.25, 0.3) is 11.8 Å². The van der Waals surface area contributed by atoms with E-state index in [4.69, 9.17) is 9.26 Å². The number of benzene rings is 1. The number of para-hydroxylation sites is 1. The summed E-state index contributed by atoms with van der Waals surface area (Å²) >= 11 is 0. The molecular weight excluding hydrogens is 408 g/mol. The second-order valence-electron chi connectivity index (χ2n) is 7.41. The third-order valence-corrected chi connectivity index (χ3v) is 4.74. The fourth-order valence-electron chi connectivity index (χ4n) is 3.03. The van der Waals surface area contributed by atoms with Gasteiger partial charge in [-0.15, -0.1) is 0 Å². The second kappa shape index (κ2) is 9.42. The molecule has 0 saturated heterocycles. The van der Waals surface area contributed by atoms with Crippen LogP contribution in [0, 0.1) is 0 Å². The van der Waals surface area contributed by atoms with Crippen LogP contribution in [0.3, 0.4) is 0 Å². The Morgan fingerprint density at radius 3 is 2.75 bits per heavy atom. The van der Waals surface area contributed by atoms with E-state index in [1.807, 2.05) is 51.1 Å². The number of nitrogens with zero attached hydrogens (tertiary/aromatic N) is 5. The van der Waals surface area contributed by atoms with E-state index in [0.29, 0.717) is 36.4 Å². The lowest BCUT2D eigenvalue weighted by Crippen LogP contribution is -2.23. The van der Waals surface area contributed by atoms with Gasteiger partial charge in [-0.2, -0.15) is 4.98 Å². The number of pyridine rings is 1. The lowest BCUT2D eigenvalue weighted by Gasteiger charge is -2.10.